The van der Waals surface area contributed by atoms with Crippen molar-refractivity contribution in [3.05, 3.63) is 95.8 Å². The Morgan fingerprint density at radius 2 is 1.67 bits per heavy atom. The second kappa shape index (κ2) is 10.3. The maximum Gasteiger partial charge on any atom is 0.168 e. The molecule has 3 aromatic rings. The normalized spacial score (nSPS) is 21.9. The summed E-state index contributed by atoms with van der Waals surface area (Å²) < 4.78 is 5.99. The summed E-state index contributed by atoms with van der Waals surface area (Å²) in [5.74, 6) is 0. The summed E-state index contributed by atoms with van der Waals surface area (Å²) in [6.07, 6.45) is 4.12. The molecule has 5 rings (SSSR count). The van der Waals surface area contributed by atoms with Crippen LogP contribution in [0.5, 0.6) is 0 Å². The van der Waals surface area contributed by atoms with Gasteiger partial charge in [-0.05, 0) is 34.9 Å². The third-order valence-electron chi connectivity index (χ3n) is 6.54. The van der Waals surface area contributed by atoms with Crippen LogP contribution < -0.4 is 4.90 Å². The number of hydrogen-bond donors (Lipinski definition) is 0. The molecular weight excluding hydrogens is 412 g/mol. The lowest BCUT2D eigenvalue weighted by Gasteiger charge is -2.36. The van der Waals surface area contributed by atoms with Crippen LogP contribution in [0.2, 0.25) is 0 Å². The predicted octanol–water partition coefficient (Wildman–Crippen LogP) is 3.50. The van der Waals surface area contributed by atoms with E-state index in [2.05, 4.69) is 62.1 Å². The lowest BCUT2D eigenvalue weighted by molar-refractivity contribution is -0.123. The summed E-state index contributed by atoms with van der Waals surface area (Å²) in [7, 11) is 0. The fourth-order valence-electron chi connectivity index (χ4n) is 4.70. The zero-order valence-electron chi connectivity index (χ0n) is 18.8. The minimum Gasteiger partial charge on any atom is -0.369 e. The Balaban J connectivity index is 1.15. The highest BCUT2D eigenvalue weighted by Gasteiger charge is 2.33. The van der Waals surface area contributed by atoms with E-state index in [9.17, 15) is 4.79 Å². The largest absolute Gasteiger partial charge is 0.369 e. The molecule has 0 radical (unpaired) electrons. The average molecular weight is 443 g/mol. The molecule has 2 atom stereocenters. The van der Waals surface area contributed by atoms with Crippen molar-refractivity contribution in [2.45, 2.75) is 25.4 Å². The molecule has 1 aromatic heterocycles. The molecule has 170 valence electrons. The molecule has 33 heavy (non-hydrogen) atoms. The van der Waals surface area contributed by atoms with Crippen molar-refractivity contribution >= 4 is 12.0 Å². The van der Waals surface area contributed by atoms with Crippen molar-refractivity contribution in [2.24, 2.45) is 0 Å². The molecule has 2 saturated heterocycles. The van der Waals surface area contributed by atoms with Crippen LogP contribution in [0.15, 0.2) is 79.1 Å². The average Bonchev–Trinajstić information content (AvgIpc) is 3.29. The van der Waals surface area contributed by atoms with E-state index >= 15 is 0 Å². The number of rotatable bonds is 7. The van der Waals surface area contributed by atoms with Crippen LogP contribution in [0, 0.1) is 0 Å². The maximum absolute atomic E-state index is 11.6. The van der Waals surface area contributed by atoms with Gasteiger partial charge in [0.05, 0.1) is 6.10 Å². The number of hydrogen-bond acceptors (Lipinski definition) is 6. The molecule has 2 aromatic carbocycles. The second-order valence-corrected chi connectivity index (χ2v) is 8.78. The topological polar surface area (TPSA) is 48.9 Å². The van der Waals surface area contributed by atoms with Crippen LogP contribution in [0.4, 0.5) is 5.69 Å². The molecule has 3 heterocycles. The molecule has 0 N–H and O–H groups in total. The van der Waals surface area contributed by atoms with Gasteiger partial charge in [0.1, 0.15) is 0 Å². The molecular formula is C27H30N4O2. The summed E-state index contributed by atoms with van der Waals surface area (Å²) in [6.45, 7) is 6.50. The summed E-state index contributed by atoms with van der Waals surface area (Å²) in [4.78, 5) is 22.9. The minimum absolute atomic E-state index is 0.0661. The minimum atomic E-state index is -0.497. The summed E-state index contributed by atoms with van der Waals surface area (Å²) >= 11 is 0. The Hall–Kier alpha value is -3.06. The van der Waals surface area contributed by atoms with Crippen LogP contribution in [0.1, 0.15) is 22.8 Å². The Bertz CT molecular complexity index is 1020. The van der Waals surface area contributed by atoms with Crippen molar-refractivity contribution in [3.63, 3.8) is 0 Å². The van der Waals surface area contributed by atoms with Gasteiger partial charge in [-0.15, -0.1) is 0 Å². The van der Waals surface area contributed by atoms with Crippen molar-refractivity contribution in [2.75, 3.05) is 37.6 Å². The van der Waals surface area contributed by atoms with Gasteiger partial charge in [-0.25, -0.2) is 0 Å². The van der Waals surface area contributed by atoms with Gasteiger partial charge in [-0.2, -0.15) is 0 Å². The van der Waals surface area contributed by atoms with Gasteiger partial charge in [0.15, 0.2) is 12.5 Å². The fourth-order valence-corrected chi connectivity index (χ4v) is 4.70. The first kappa shape index (κ1) is 21.8. The van der Waals surface area contributed by atoms with Gasteiger partial charge >= 0.3 is 0 Å². The van der Waals surface area contributed by atoms with Crippen molar-refractivity contribution in [3.8, 4) is 0 Å². The fraction of sp³-hybridized carbons (Fsp3) is 0.333. The Kier molecular flexibility index (Phi) is 6.76. The Morgan fingerprint density at radius 1 is 0.879 bits per heavy atom. The quantitative estimate of drug-likeness (QED) is 0.522. The molecule has 0 aliphatic carbocycles. The molecule has 1 unspecified atom stereocenters. The van der Waals surface area contributed by atoms with E-state index < -0.39 is 6.23 Å². The van der Waals surface area contributed by atoms with E-state index in [-0.39, 0.29) is 6.10 Å². The number of ether oxygens (including phenoxy) is 1. The zero-order valence-corrected chi connectivity index (χ0v) is 18.8. The highest BCUT2D eigenvalue weighted by Crippen LogP contribution is 2.29. The van der Waals surface area contributed by atoms with Crippen LogP contribution in [-0.4, -0.2) is 60.0 Å². The number of aromatic nitrogens is 1. The SMILES string of the molecule is O=CC1O[C@H](c2ccccc2)CN1Cc1ccc(N2CCN(Cc3cccnc3)CC2)cc1. The van der Waals surface area contributed by atoms with Gasteiger partial charge < -0.3 is 9.64 Å². The smallest absolute Gasteiger partial charge is 0.168 e. The van der Waals surface area contributed by atoms with E-state index in [1.807, 2.05) is 36.7 Å². The first-order chi connectivity index (χ1) is 16.3. The highest BCUT2D eigenvalue weighted by molar-refractivity contribution is 5.56. The summed E-state index contributed by atoms with van der Waals surface area (Å²) in [5, 5.41) is 0. The molecule has 0 saturated carbocycles. The number of aldehydes is 1. The van der Waals surface area contributed by atoms with Crippen molar-refractivity contribution in [1.29, 1.82) is 0 Å². The number of carbonyl (C=O) groups excluding carboxylic acids is 1. The monoisotopic (exact) mass is 442 g/mol. The van der Waals surface area contributed by atoms with Crippen LogP contribution in [0.3, 0.4) is 0 Å². The maximum atomic E-state index is 11.6. The van der Waals surface area contributed by atoms with Crippen LogP contribution in [0.25, 0.3) is 0 Å². The highest BCUT2D eigenvalue weighted by atomic mass is 16.5. The second-order valence-electron chi connectivity index (χ2n) is 8.78. The third-order valence-corrected chi connectivity index (χ3v) is 6.54. The predicted molar refractivity (Wildman–Crippen MR) is 129 cm³/mol. The summed E-state index contributed by atoms with van der Waals surface area (Å²) in [6, 6.07) is 23.0. The zero-order chi connectivity index (χ0) is 22.5. The van der Waals surface area contributed by atoms with Gasteiger partial charge in [0.25, 0.3) is 0 Å². The van der Waals surface area contributed by atoms with Crippen LogP contribution in [-0.2, 0) is 22.6 Å². The number of carbonyl (C=O) groups is 1. The Morgan fingerprint density at radius 3 is 2.36 bits per heavy atom. The number of pyridine rings is 1. The molecule has 0 amide bonds. The van der Waals surface area contributed by atoms with Crippen molar-refractivity contribution in [1.82, 2.24) is 14.8 Å². The third kappa shape index (κ3) is 5.30. The van der Waals surface area contributed by atoms with Crippen LogP contribution >= 0.6 is 0 Å². The lowest BCUT2D eigenvalue weighted by Crippen LogP contribution is -2.45. The van der Waals surface area contributed by atoms with Crippen molar-refractivity contribution < 1.29 is 9.53 Å². The van der Waals surface area contributed by atoms with E-state index in [0.717, 1.165) is 44.6 Å². The Labute approximate surface area is 195 Å². The van der Waals surface area contributed by atoms with E-state index in [4.69, 9.17) is 4.74 Å². The molecule has 6 nitrogen and oxygen atoms in total. The van der Waals surface area contributed by atoms with Gasteiger partial charge in [0, 0.05) is 63.9 Å². The van der Waals surface area contributed by atoms with Gasteiger partial charge in [-0.1, -0.05) is 48.5 Å². The van der Waals surface area contributed by atoms with Gasteiger partial charge in [-0.3, -0.25) is 19.6 Å². The van der Waals surface area contributed by atoms with E-state index in [1.54, 1.807) is 0 Å². The molecule has 2 fully saturated rings. The number of benzene rings is 2. The first-order valence-electron chi connectivity index (χ1n) is 11.6. The standard InChI is InChI=1S/C27H30N4O2/c32-21-27-31(20-26(33-27)24-6-2-1-3-7-24)19-22-8-10-25(11-9-22)30-15-13-29(14-16-30)18-23-5-4-12-28-17-23/h1-12,17,21,26-27H,13-16,18-20H2/t26-,27?/m0/s1. The van der Waals surface area contributed by atoms with E-state index in [1.165, 1.54) is 16.8 Å². The first-order valence-corrected chi connectivity index (χ1v) is 11.6. The number of anilines is 1. The number of piperazine rings is 1. The molecule has 2 aliphatic rings. The molecule has 6 heteroatoms. The molecule has 2 aliphatic heterocycles. The lowest BCUT2D eigenvalue weighted by atomic mass is 10.1. The van der Waals surface area contributed by atoms with E-state index in [0.29, 0.717) is 13.1 Å². The van der Waals surface area contributed by atoms with Gasteiger partial charge in [0.2, 0.25) is 0 Å². The number of nitrogens with zero attached hydrogens (tertiary/aromatic N) is 4. The summed E-state index contributed by atoms with van der Waals surface area (Å²) in [5.41, 5.74) is 4.83. The molecule has 0 spiro atoms. The molecule has 0 bridgehead atoms.